The van der Waals surface area contributed by atoms with Crippen LogP contribution >= 0.6 is 11.3 Å². The van der Waals surface area contributed by atoms with E-state index in [-0.39, 0.29) is 0 Å². The molecule has 3 nitrogen and oxygen atoms in total. The average Bonchev–Trinajstić information content (AvgIpc) is 3.02. The Morgan fingerprint density at radius 1 is 1.33 bits per heavy atom. The standard InChI is InChI=1S/C14H14N2OS/c1-2-15-9-14-16-8-11(17-14)13-7-10-5-3-4-6-12(10)18-13/h3-8,15H,2,9H2,1H3. The maximum absolute atomic E-state index is 5.74. The normalized spacial score (nSPS) is 11.2. The van der Waals surface area contributed by atoms with Crippen LogP contribution in [0.15, 0.2) is 40.9 Å². The molecule has 0 atom stereocenters. The summed E-state index contributed by atoms with van der Waals surface area (Å²) in [6.45, 7) is 3.66. The molecule has 0 saturated carbocycles. The summed E-state index contributed by atoms with van der Waals surface area (Å²) in [5.74, 6) is 1.59. The first-order valence-corrected chi connectivity index (χ1v) is 6.83. The van der Waals surface area contributed by atoms with E-state index >= 15 is 0 Å². The molecule has 18 heavy (non-hydrogen) atoms. The lowest BCUT2D eigenvalue weighted by atomic mass is 10.2. The summed E-state index contributed by atoms with van der Waals surface area (Å²) in [4.78, 5) is 5.41. The fourth-order valence-electron chi connectivity index (χ4n) is 1.84. The molecule has 0 radical (unpaired) electrons. The van der Waals surface area contributed by atoms with Crippen molar-refractivity contribution in [2.24, 2.45) is 0 Å². The summed E-state index contributed by atoms with van der Waals surface area (Å²) in [7, 11) is 0. The summed E-state index contributed by atoms with van der Waals surface area (Å²) in [5, 5.41) is 4.46. The second-order valence-corrected chi connectivity index (χ2v) is 5.13. The lowest BCUT2D eigenvalue weighted by Crippen LogP contribution is -2.11. The minimum absolute atomic E-state index is 0.682. The second-order valence-electron chi connectivity index (χ2n) is 4.05. The lowest BCUT2D eigenvalue weighted by Gasteiger charge is -1.94. The number of rotatable bonds is 4. The molecule has 2 heterocycles. The molecular formula is C14H14N2OS. The van der Waals surface area contributed by atoms with Gasteiger partial charge < -0.3 is 9.73 Å². The van der Waals surface area contributed by atoms with Gasteiger partial charge >= 0.3 is 0 Å². The van der Waals surface area contributed by atoms with Gasteiger partial charge in [0.25, 0.3) is 0 Å². The van der Waals surface area contributed by atoms with E-state index in [9.17, 15) is 0 Å². The van der Waals surface area contributed by atoms with Crippen LogP contribution in [0.3, 0.4) is 0 Å². The monoisotopic (exact) mass is 258 g/mol. The predicted molar refractivity (Wildman–Crippen MR) is 74.7 cm³/mol. The zero-order chi connectivity index (χ0) is 12.4. The van der Waals surface area contributed by atoms with Crippen molar-refractivity contribution in [3.8, 4) is 10.6 Å². The van der Waals surface area contributed by atoms with Gasteiger partial charge in [-0.2, -0.15) is 0 Å². The molecule has 1 aromatic carbocycles. The molecule has 0 aliphatic rings. The fourth-order valence-corrected chi connectivity index (χ4v) is 2.85. The van der Waals surface area contributed by atoms with E-state index in [0.29, 0.717) is 6.54 Å². The molecule has 0 fully saturated rings. The van der Waals surface area contributed by atoms with Gasteiger partial charge in [0.05, 0.1) is 17.6 Å². The van der Waals surface area contributed by atoms with Crippen LogP contribution < -0.4 is 5.32 Å². The van der Waals surface area contributed by atoms with Crippen molar-refractivity contribution >= 4 is 21.4 Å². The highest BCUT2D eigenvalue weighted by Crippen LogP contribution is 2.33. The molecule has 3 aromatic rings. The Balaban J connectivity index is 1.91. The quantitative estimate of drug-likeness (QED) is 0.776. The molecule has 0 amide bonds. The number of fused-ring (bicyclic) bond motifs is 1. The Bertz CT molecular complexity index is 623. The molecule has 0 bridgehead atoms. The smallest absolute Gasteiger partial charge is 0.208 e. The SMILES string of the molecule is CCNCc1ncc(-c2cc3ccccc3s2)o1. The fraction of sp³-hybridized carbons (Fsp3) is 0.214. The number of thiophene rings is 1. The van der Waals surface area contributed by atoms with E-state index in [0.717, 1.165) is 23.1 Å². The van der Waals surface area contributed by atoms with Crippen molar-refractivity contribution in [1.82, 2.24) is 10.3 Å². The first-order chi connectivity index (χ1) is 8.86. The van der Waals surface area contributed by atoms with Crippen molar-refractivity contribution in [2.45, 2.75) is 13.5 Å². The van der Waals surface area contributed by atoms with Gasteiger partial charge in [-0.05, 0) is 24.1 Å². The highest BCUT2D eigenvalue weighted by atomic mass is 32.1. The highest BCUT2D eigenvalue weighted by Gasteiger charge is 2.09. The summed E-state index contributed by atoms with van der Waals surface area (Å²) in [6, 6.07) is 10.5. The van der Waals surface area contributed by atoms with E-state index in [1.54, 1.807) is 17.5 Å². The zero-order valence-corrected chi connectivity index (χ0v) is 11.0. The van der Waals surface area contributed by atoms with Gasteiger partial charge in [-0.3, -0.25) is 0 Å². The van der Waals surface area contributed by atoms with Crippen molar-refractivity contribution in [2.75, 3.05) is 6.54 Å². The third kappa shape index (κ3) is 2.17. The minimum atomic E-state index is 0.682. The maximum Gasteiger partial charge on any atom is 0.208 e. The van der Waals surface area contributed by atoms with E-state index in [2.05, 4.69) is 47.6 Å². The van der Waals surface area contributed by atoms with Crippen LogP contribution in [0, 0.1) is 0 Å². The molecule has 0 aliphatic carbocycles. The molecule has 1 N–H and O–H groups in total. The number of nitrogens with one attached hydrogen (secondary N) is 1. The van der Waals surface area contributed by atoms with Gasteiger partial charge in [0.2, 0.25) is 5.89 Å². The third-order valence-electron chi connectivity index (χ3n) is 2.75. The number of oxazole rings is 1. The van der Waals surface area contributed by atoms with Crippen molar-refractivity contribution in [3.05, 3.63) is 42.4 Å². The van der Waals surface area contributed by atoms with E-state index in [1.165, 1.54) is 10.1 Å². The van der Waals surface area contributed by atoms with Gasteiger partial charge in [0.15, 0.2) is 5.76 Å². The molecule has 0 unspecified atom stereocenters. The molecule has 4 heteroatoms. The molecule has 0 aliphatic heterocycles. The first-order valence-electron chi connectivity index (χ1n) is 6.01. The molecule has 2 aromatic heterocycles. The number of aromatic nitrogens is 1. The van der Waals surface area contributed by atoms with E-state index < -0.39 is 0 Å². The van der Waals surface area contributed by atoms with Crippen LogP contribution in [0.2, 0.25) is 0 Å². The van der Waals surface area contributed by atoms with Crippen molar-refractivity contribution in [3.63, 3.8) is 0 Å². The third-order valence-corrected chi connectivity index (χ3v) is 3.88. The molecule has 92 valence electrons. The second kappa shape index (κ2) is 4.92. The van der Waals surface area contributed by atoms with Gasteiger partial charge in [-0.15, -0.1) is 11.3 Å². The van der Waals surface area contributed by atoms with Crippen LogP contribution in [-0.4, -0.2) is 11.5 Å². The Labute approximate surface area is 109 Å². The first kappa shape index (κ1) is 11.4. The number of hydrogen-bond acceptors (Lipinski definition) is 4. The van der Waals surface area contributed by atoms with Crippen LogP contribution in [-0.2, 0) is 6.54 Å². The van der Waals surface area contributed by atoms with Gasteiger partial charge in [0, 0.05) is 4.70 Å². The molecule has 3 rings (SSSR count). The molecular weight excluding hydrogens is 244 g/mol. The van der Waals surface area contributed by atoms with Crippen LogP contribution in [0.25, 0.3) is 20.7 Å². The number of nitrogens with zero attached hydrogens (tertiary/aromatic N) is 1. The summed E-state index contributed by atoms with van der Waals surface area (Å²) in [6.07, 6.45) is 1.80. The number of hydrogen-bond donors (Lipinski definition) is 1. The van der Waals surface area contributed by atoms with Gasteiger partial charge in [-0.25, -0.2) is 4.98 Å². The summed E-state index contributed by atoms with van der Waals surface area (Å²) in [5.41, 5.74) is 0. The zero-order valence-electron chi connectivity index (χ0n) is 10.1. The van der Waals surface area contributed by atoms with Crippen LogP contribution in [0.5, 0.6) is 0 Å². The van der Waals surface area contributed by atoms with Crippen LogP contribution in [0.1, 0.15) is 12.8 Å². The topological polar surface area (TPSA) is 38.1 Å². The maximum atomic E-state index is 5.74. The van der Waals surface area contributed by atoms with Gasteiger partial charge in [-0.1, -0.05) is 25.1 Å². The van der Waals surface area contributed by atoms with E-state index in [4.69, 9.17) is 4.42 Å². The van der Waals surface area contributed by atoms with Crippen molar-refractivity contribution in [1.29, 1.82) is 0 Å². The largest absolute Gasteiger partial charge is 0.438 e. The highest BCUT2D eigenvalue weighted by molar-refractivity contribution is 7.22. The minimum Gasteiger partial charge on any atom is -0.438 e. The summed E-state index contributed by atoms with van der Waals surface area (Å²) >= 11 is 1.73. The van der Waals surface area contributed by atoms with Crippen molar-refractivity contribution < 1.29 is 4.42 Å². The molecule has 0 saturated heterocycles. The van der Waals surface area contributed by atoms with Gasteiger partial charge in [0.1, 0.15) is 0 Å². The predicted octanol–water partition coefficient (Wildman–Crippen LogP) is 3.67. The lowest BCUT2D eigenvalue weighted by molar-refractivity contribution is 0.483. The Morgan fingerprint density at radius 2 is 2.22 bits per heavy atom. The Kier molecular flexibility index (Phi) is 3.13. The average molecular weight is 258 g/mol. The van der Waals surface area contributed by atoms with Crippen LogP contribution in [0.4, 0.5) is 0 Å². The van der Waals surface area contributed by atoms with E-state index in [1.807, 2.05) is 0 Å². The number of benzene rings is 1. The molecule has 0 spiro atoms. The Morgan fingerprint density at radius 3 is 3.06 bits per heavy atom. The Hall–Kier alpha value is -1.65. The summed E-state index contributed by atoms with van der Waals surface area (Å²) < 4.78 is 7.01.